The summed E-state index contributed by atoms with van der Waals surface area (Å²) in [5.41, 5.74) is 5.52. The summed E-state index contributed by atoms with van der Waals surface area (Å²) >= 11 is 0. The Morgan fingerprint density at radius 2 is 1.89 bits per heavy atom. The lowest BCUT2D eigenvalue weighted by Gasteiger charge is -2.19. The summed E-state index contributed by atoms with van der Waals surface area (Å²) in [6.07, 6.45) is 2.30. The van der Waals surface area contributed by atoms with Gasteiger partial charge in [-0.05, 0) is 37.6 Å². The summed E-state index contributed by atoms with van der Waals surface area (Å²) in [4.78, 5) is 11.5. The second kappa shape index (κ2) is 8.48. The van der Waals surface area contributed by atoms with Crippen LogP contribution in [-0.2, 0) is 14.8 Å². The summed E-state index contributed by atoms with van der Waals surface area (Å²) in [5, 5.41) is 0. The van der Waals surface area contributed by atoms with Crippen LogP contribution in [0.3, 0.4) is 0 Å². The third-order valence-corrected chi connectivity index (χ3v) is 4.45. The Bertz CT molecular complexity index is 339. The molecule has 0 heterocycles. The van der Waals surface area contributed by atoms with Gasteiger partial charge in [-0.3, -0.25) is 9.52 Å². The molecular formula is C12H26N2O3S. The molecule has 3 N–H and O–H groups in total. The molecule has 0 saturated heterocycles. The van der Waals surface area contributed by atoms with Crippen molar-refractivity contribution >= 4 is 15.9 Å². The van der Waals surface area contributed by atoms with Gasteiger partial charge in [0.25, 0.3) is 0 Å². The van der Waals surface area contributed by atoms with E-state index in [4.69, 9.17) is 5.73 Å². The minimum atomic E-state index is -3.44. The molecule has 0 aliphatic carbocycles. The molecule has 1 unspecified atom stereocenters. The number of rotatable bonds is 9. The number of amides is 1. The standard InChI is InChI=1S/C12H26N2O3S/c1-4-9-18(16,17)14-12(15)6-5-11(7-8-13)10(2)3/h10-11H,4-9,13H2,1-3H3,(H,14,15). The zero-order valence-electron chi connectivity index (χ0n) is 11.6. The Morgan fingerprint density at radius 3 is 2.33 bits per heavy atom. The Kier molecular flexibility index (Phi) is 8.18. The predicted octanol–water partition coefficient (Wildman–Crippen LogP) is 1.24. The third kappa shape index (κ3) is 7.66. The predicted molar refractivity (Wildman–Crippen MR) is 73.5 cm³/mol. The fourth-order valence-electron chi connectivity index (χ4n) is 1.89. The molecule has 5 nitrogen and oxygen atoms in total. The monoisotopic (exact) mass is 278 g/mol. The SMILES string of the molecule is CCCS(=O)(=O)NC(=O)CCC(CCN)C(C)C. The van der Waals surface area contributed by atoms with E-state index in [1.165, 1.54) is 0 Å². The van der Waals surface area contributed by atoms with Crippen LogP contribution >= 0.6 is 0 Å². The summed E-state index contributed by atoms with van der Waals surface area (Å²) < 4.78 is 24.9. The van der Waals surface area contributed by atoms with Crippen LogP contribution in [0.5, 0.6) is 0 Å². The van der Waals surface area contributed by atoms with E-state index >= 15 is 0 Å². The normalized spacial score (nSPS) is 13.6. The van der Waals surface area contributed by atoms with Crippen LogP contribution in [0.2, 0.25) is 0 Å². The topological polar surface area (TPSA) is 89.3 Å². The van der Waals surface area contributed by atoms with Crippen molar-refractivity contribution < 1.29 is 13.2 Å². The van der Waals surface area contributed by atoms with Crippen molar-refractivity contribution in [2.24, 2.45) is 17.6 Å². The highest BCUT2D eigenvalue weighted by Gasteiger charge is 2.17. The molecule has 0 aromatic carbocycles. The van der Waals surface area contributed by atoms with E-state index in [9.17, 15) is 13.2 Å². The number of carbonyl (C=O) groups excluding carboxylic acids is 1. The van der Waals surface area contributed by atoms with Crippen molar-refractivity contribution in [3.05, 3.63) is 0 Å². The number of nitrogens with two attached hydrogens (primary N) is 1. The van der Waals surface area contributed by atoms with Crippen molar-refractivity contribution in [2.75, 3.05) is 12.3 Å². The minimum Gasteiger partial charge on any atom is -0.330 e. The molecule has 0 fully saturated rings. The number of sulfonamides is 1. The fraction of sp³-hybridized carbons (Fsp3) is 0.917. The molecule has 0 aromatic heterocycles. The van der Waals surface area contributed by atoms with Crippen LogP contribution in [0.4, 0.5) is 0 Å². The lowest BCUT2D eigenvalue weighted by molar-refractivity contribution is -0.119. The zero-order chi connectivity index (χ0) is 14.2. The van der Waals surface area contributed by atoms with Gasteiger partial charge in [0.1, 0.15) is 0 Å². The minimum absolute atomic E-state index is 0.00481. The van der Waals surface area contributed by atoms with Gasteiger partial charge in [-0.1, -0.05) is 20.8 Å². The Balaban J connectivity index is 4.17. The van der Waals surface area contributed by atoms with Crippen LogP contribution in [0.15, 0.2) is 0 Å². The Labute approximate surface area is 111 Å². The first kappa shape index (κ1) is 17.4. The number of nitrogens with one attached hydrogen (secondary N) is 1. The molecule has 0 aromatic rings. The number of hydrogen-bond acceptors (Lipinski definition) is 4. The lowest BCUT2D eigenvalue weighted by Crippen LogP contribution is -2.32. The van der Waals surface area contributed by atoms with Gasteiger partial charge in [0, 0.05) is 6.42 Å². The van der Waals surface area contributed by atoms with E-state index in [0.29, 0.717) is 31.2 Å². The van der Waals surface area contributed by atoms with Crippen molar-refractivity contribution in [1.29, 1.82) is 0 Å². The van der Waals surface area contributed by atoms with Gasteiger partial charge in [0.05, 0.1) is 5.75 Å². The number of hydrogen-bond donors (Lipinski definition) is 2. The van der Waals surface area contributed by atoms with E-state index in [0.717, 1.165) is 6.42 Å². The van der Waals surface area contributed by atoms with Gasteiger partial charge < -0.3 is 5.73 Å². The van der Waals surface area contributed by atoms with Gasteiger partial charge in [0.15, 0.2) is 0 Å². The second-order valence-electron chi connectivity index (χ2n) is 4.96. The molecule has 1 amide bonds. The molecule has 1 atom stereocenters. The van der Waals surface area contributed by atoms with Crippen molar-refractivity contribution in [3.63, 3.8) is 0 Å². The van der Waals surface area contributed by atoms with Gasteiger partial charge >= 0.3 is 0 Å². The highest BCUT2D eigenvalue weighted by molar-refractivity contribution is 7.90. The molecule has 0 saturated carbocycles. The molecule has 0 spiro atoms. The van der Waals surface area contributed by atoms with Crippen LogP contribution in [0.25, 0.3) is 0 Å². The van der Waals surface area contributed by atoms with Gasteiger partial charge in [0.2, 0.25) is 15.9 Å². The second-order valence-corrected chi connectivity index (χ2v) is 6.81. The Morgan fingerprint density at radius 1 is 1.28 bits per heavy atom. The number of carbonyl (C=O) groups is 1. The third-order valence-electron chi connectivity index (χ3n) is 2.96. The highest BCUT2D eigenvalue weighted by atomic mass is 32.2. The van der Waals surface area contributed by atoms with E-state index in [-0.39, 0.29) is 12.2 Å². The quantitative estimate of drug-likeness (QED) is 0.664. The van der Waals surface area contributed by atoms with E-state index < -0.39 is 15.9 Å². The van der Waals surface area contributed by atoms with Crippen LogP contribution < -0.4 is 10.5 Å². The molecule has 0 aliphatic heterocycles. The van der Waals surface area contributed by atoms with Gasteiger partial charge in [-0.2, -0.15) is 0 Å². The first-order valence-corrected chi connectivity index (χ1v) is 8.21. The van der Waals surface area contributed by atoms with Crippen molar-refractivity contribution in [1.82, 2.24) is 4.72 Å². The largest absolute Gasteiger partial charge is 0.330 e. The van der Waals surface area contributed by atoms with Crippen molar-refractivity contribution in [3.8, 4) is 0 Å². The average molecular weight is 278 g/mol. The van der Waals surface area contributed by atoms with Crippen LogP contribution in [0, 0.1) is 11.8 Å². The van der Waals surface area contributed by atoms with E-state index in [1.54, 1.807) is 6.92 Å². The van der Waals surface area contributed by atoms with Crippen LogP contribution in [-0.4, -0.2) is 26.6 Å². The van der Waals surface area contributed by atoms with E-state index in [2.05, 4.69) is 18.6 Å². The molecule has 0 bridgehead atoms. The summed E-state index contributed by atoms with van der Waals surface area (Å²) in [7, 11) is -3.44. The van der Waals surface area contributed by atoms with Gasteiger partial charge in [-0.15, -0.1) is 0 Å². The molecule has 0 aliphatic rings. The molecule has 0 radical (unpaired) electrons. The van der Waals surface area contributed by atoms with Crippen LogP contribution in [0.1, 0.15) is 46.5 Å². The van der Waals surface area contributed by atoms with Gasteiger partial charge in [-0.25, -0.2) is 8.42 Å². The molecule has 0 rings (SSSR count). The maximum atomic E-state index is 11.5. The smallest absolute Gasteiger partial charge is 0.234 e. The molecule has 108 valence electrons. The maximum Gasteiger partial charge on any atom is 0.234 e. The summed E-state index contributed by atoms with van der Waals surface area (Å²) in [5.74, 6) is 0.407. The lowest BCUT2D eigenvalue weighted by atomic mass is 9.88. The summed E-state index contributed by atoms with van der Waals surface area (Å²) in [6, 6.07) is 0. The van der Waals surface area contributed by atoms with E-state index in [1.807, 2.05) is 0 Å². The molecule has 18 heavy (non-hydrogen) atoms. The first-order valence-electron chi connectivity index (χ1n) is 6.55. The zero-order valence-corrected chi connectivity index (χ0v) is 12.4. The molecular weight excluding hydrogens is 252 g/mol. The maximum absolute atomic E-state index is 11.5. The first-order chi connectivity index (χ1) is 8.32. The average Bonchev–Trinajstić information content (AvgIpc) is 2.22. The molecule has 6 heteroatoms. The fourth-order valence-corrected chi connectivity index (χ4v) is 2.97. The van der Waals surface area contributed by atoms with Crippen molar-refractivity contribution in [2.45, 2.75) is 46.5 Å². The summed E-state index contributed by atoms with van der Waals surface area (Å²) in [6.45, 7) is 6.54. The highest BCUT2D eigenvalue weighted by Crippen LogP contribution is 2.20. The Hall–Kier alpha value is -0.620.